The van der Waals surface area contributed by atoms with Crippen molar-refractivity contribution in [2.45, 2.75) is 48.4 Å². The molecule has 2 N–H and O–H groups in total. The van der Waals surface area contributed by atoms with Gasteiger partial charge in [0.05, 0.1) is 12.8 Å². The Balaban J connectivity index is 1.35. The van der Waals surface area contributed by atoms with Crippen LogP contribution in [0.3, 0.4) is 0 Å². The molecule has 0 radical (unpaired) electrons. The van der Waals surface area contributed by atoms with Crippen molar-refractivity contribution in [3.8, 4) is 23.0 Å². The van der Waals surface area contributed by atoms with E-state index in [4.69, 9.17) is 18.9 Å². The molecule has 0 fully saturated rings. The van der Waals surface area contributed by atoms with Gasteiger partial charge in [-0.1, -0.05) is 62.0 Å². The second-order valence-electron chi connectivity index (χ2n) is 8.21. The molecule has 2 atom stereocenters. The maximum absolute atomic E-state index is 10.8. The predicted molar refractivity (Wildman–Crippen MR) is 143 cm³/mol. The van der Waals surface area contributed by atoms with Crippen molar-refractivity contribution < 1.29 is 29.2 Å². The predicted octanol–water partition coefficient (Wildman–Crippen LogP) is 6.87. The molecule has 192 valence electrons. The summed E-state index contributed by atoms with van der Waals surface area (Å²) in [6.45, 7) is 3.57. The molecule has 0 bridgehead atoms. The molecule has 4 aromatic rings. The monoisotopic (exact) mass is 518 g/mol. The van der Waals surface area contributed by atoms with E-state index < -0.39 is 11.9 Å². The summed E-state index contributed by atoms with van der Waals surface area (Å²) >= 11 is 1.56. The minimum absolute atomic E-state index is 0.246. The zero-order chi connectivity index (χ0) is 26.1. The molecule has 0 aliphatic carbocycles. The van der Waals surface area contributed by atoms with Gasteiger partial charge in [0.25, 0.3) is 0 Å². The van der Waals surface area contributed by atoms with Crippen molar-refractivity contribution >= 4 is 11.8 Å². The molecule has 37 heavy (non-hydrogen) atoms. The maximum Gasteiger partial charge on any atom is 0.368 e. The molecule has 0 saturated carbocycles. The van der Waals surface area contributed by atoms with Gasteiger partial charge in [-0.25, -0.2) is 0 Å². The molecule has 0 aromatic heterocycles. The summed E-state index contributed by atoms with van der Waals surface area (Å²) in [5.41, 5.74) is 0. The number of rotatable bonds is 12. The van der Waals surface area contributed by atoms with E-state index in [0.29, 0.717) is 23.0 Å². The number of para-hydroxylation sites is 2. The van der Waals surface area contributed by atoms with E-state index in [-0.39, 0.29) is 12.8 Å². The van der Waals surface area contributed by atoms with Gasteiger partial charge in [-0.05, 0) is 72.8 Å². The van der Waals surface area contributed by atoms with Crippen molar-refractivity contribution in [3.63, 3.8) is 0 Å². The van der Waals surface area contributed by atoms with E-state index >= 15 is 0 Å². The Morgan fingerprint density at radius 3 is 1.08 bits per heavy atom. The van der Waals surface area contributed by atoms with Crippen LogP contribution in [0.4, 0.5) is 0 Å². The first-order chi connectivity index (χ1) is 17.9. The van der Waals surface area contributed by atoms with Gasteiger partial charge in [0, 0.05) is 9.79 Å². The number of hydrogen-bond donors (Lipinski definition) is 2. The molecule has 0 saturated heterocycles. The fraction of sp³-hybridized carbons (Fsp3) is 0.200. The first kappa shape index (κ1) is 26.4. The maximum atomic E-state index is 10.8. The van der Waals surface area contributed by atoms with Crippen LogP contribution >= 0.6 is 11.8 Å². The lowest BCUT2D eigenvalue weighted by molar-refractivity contribution is -0.274. The molecule has 0 heterocycles. The highest BCUT2D eigenvalue weighted by Gasteiger charge is 2.31. The lowest BCUT2D eigenvalue weighted by Gasteiger charge is -2.28. The molecule has 0 aliphatic rings. The van der Waals surface area contributed by atoms with E-state index in [1.165, 1.54) is 0 Å². The van der Waals surface area contributed by atoms with Gasteiger partial charge in [-0.3, -0.25) is 0 Å². The summed E-state index contributed by atoms with van der Waals surface area (Å²) in [6.07, 6.45) is 0.493. The Bertz CT molecular complexity index is 1140. The van der Waals surface area contributed by atoms with Gasteiger partial charge < -0.3 is 29.2 Å². The van der Waals surface area contributed by atoms with Gasteiger partial charge in [-0.15, -0.1) is 0 Å². The zero-order valence-electron chi connectivity index (χ0n) is 20.7. The van der Waals surface area contributed by atoms with Crippen LogP contribution < -0.4 is 18.9 Å². The lowest BCUT2D eigenvalue weighted by Crippen LogP contribution is -2.41. The quantitative estimate of drug-likeness (QED) is 0.198. The van der Waals surface area contributed by atoms with Crippen LogP contribution in [0.5, 0.6) is 23.0 Å². The molecule has 4 rings (SSSR count). The van der Waals surface area contributed by atoms with Crippen LogP contribution in [-0.4, -0.2) is 22.2 Å². The molecule has 2 unspecified atom stereocenters. The Kier molecular flexibility index (Phi) is 8.61. The summed E-state index contributed by atoms with van der Waals surface area (Å²) in [6, 6.07) is 32.9. The third kappa shape index (κ3) is 7.67. The Labute approximate surface area is 221 Å². The highest BCUT2D eigenvalue weighted by molar-refractivity contribution is 7.99. The molecule has 7 heteroatoms. The van der Waals surface area contributed by atoms with Gasteiger partial charge in [0.2, 0.25) is 0 Å². The van der Waals surface area contributed by atoms with Crippen molar-refractivity contribution in [3.05, 3.63) is 109 Å². The first-order valence-corrected chi connectivity index (χ1v) is 12.9. The molecular weight excluding hydrogens is 488 g/mol. The van der Waals surface area contributed by atoms with Gasteiger partial charge >= 0.3 is 11.9 Å². The van der Waals surface area contributed by atoms with Crippen molar-refractivity contribution in [2.24, 2.45) is 0 Å². The number of ether oxygens (including phenoxy) is 4. The van der Waals surface area contributed by atoms with Gasteiger partial charge in [0.15, 0.2) is 0 Å². The molecule has 6 nitrogen and oxygen atoms in total. The van der Waals surface area contributed by atoms with Crippen LogP contribution in [0, 0.1) is 0 Å². The zero-order valence-corrected chi connectivity index (χ0v) is 21.6. The van der Waals surface area contributed by atoms with Crippen LogP contribution in [0.1, 0.15) is 26.7 Å². The standard InChI is InChI=1S/C30H30O6S/c1-3-29(31,33-23-11-7-5-8-12-23)35-25-15-19-27(20-16-25)37-28-21-17-26(18-22-28)36-30(32,4-2)34-24-13-9-6-10-14-24/h5-22,31-32H,3-4H2,1-2H3. The minimum Gasteiger partial charge on any atom is -0.430 e. The van der Waals surface area contributed by atoms with Crippen molar-refractivity contribution in [1.29, 1.82) is 0 Å². The normalized spacial score (nSPS) is 14.2. The van der Waals surface area contributed by atoms with E-state index in [1.807, 2.05) is 60.7 Å². The smallest absolute Gasteiger partial charge is 0.368 e. The summed E-state index contributed by atoms with van der Waals surface area (Å²) < 4.78 is 22.8. The topological polar surface area (TPSA) is 77.4 Å². The van der Waals surface area contributed by atoms with Crippen LogP contribution in [-0.2, 0) is 0 Å². The molecule has 0 aliphatic heterocycles. The Morgan fingerprint density at radius 1 is 0.486 bits per heavy atom. The van der Waals surface area contributed by atoms with E-state index in [2.05, 4.69) is 0 Å². The second-order valence-corrected chi connectivity index (χ2v) is 9.36. The summed E-state index contributed by atoms with van der Waals surface area (Å²) in [4.78, 5) is 1.98. The second kappa shape index (κ2) is 12.1. The minimum atomic E-state index is -1.77. The summed E-state index contributed by atoms with van der Waals surface area (Å²) in [5.74, 6) is -1.50. The van der Waals surface area contributed by atoms with E-state index in [9.17, 15) is 10.2 Å². The Morgan fingerprint density at radius 2 is 0.784 bits per heavy atom. The van der Waals surface area contributed by atoms with E-state index in [1.54, 1.807) is 74.1 Å². The first-order valence-electron chi connectivity index (χ1n) is 12.1. The van der Waals surface area contributed by atoms with E-state index in [0.717, 1.165) is 9.79 Å². The highest BCUT2D eigenvalue weighted by atomic mass is 32.2. The SMILES string of the molecule is CCC(O)(Oc1ccccc1)Oc1ccc(Sc2ccc(OC(O)(CC)Oc3ccccc3)cc2)cc1. The van der Waals surface area contributed by atoms with Crippen LogP contribution in [0.15, 0.2) is 119 Å². The van der Waals surface area contributed by atoms with Crippen LogP contribution in [0.25, 0.3) is 0 Å². The van der Waals surface area contributed by atoms with Crippen molar-refractivity contribution in [1.82, 2.24) is 0 Å². The average Bonchev–Trinajstić information content (AvgIpc) is 2.92. The number of hydrogen-bond acceptors (Lipinski definition) is 7. The summed E-state index contributed by atoms with van der Waals surface area (Å²) in [5, 5.41) is 21.5. The van der Waals surface area contributed by atoms with Gasteiger partial charge in [-0.2, -0.15) is 0 Å². The number of benzene rings is 4. The molecule has 4 aromatic carbocycles. The molecule has 0 spiro atoms. The highest BCUT2D eigenvalue weighted by Crippen LogP contribution is 2.32. The Hall–Kier alpha value is -3.65. The fourth-order valence-corrected chi connectivity index (χ4v) is 4.15. The van der Waals surface area contributed by atoms with Gasteiger partial charge in [0.1, 0.15) is 23.0 Å². The third-order valence-corrected chi connectivity index (χ3v) is 6.39. The fourth-order valence-electron chi connectivity index (χ4n) is 3.33. The molecular formula is C30H30O6S. The van der Waals surface area contributed by atoms with Crippen LogP contribution in [0.2, 0.25) is 0 Å². The number of aliphatic hydroxyl groups is 2. The summed E-state index contributed by atoms with van der Waals surface area (Å²) in [7, 11) is 0. The van der Waals surface area contributed by atoms with Crippen molar-refractivity contribution in [2.75, 3.05) is 0 Å². The largest absolute Gasteiger partial charge is 0.430 e. The molecule has 0 amide bonds. The average molecular weight is 519 g/mol. The lowest BCUT2D eigenvalue weighted by atomic mass is 10.3. The third-order valence-electron chi connectivity index (χ3n) is 5.37.